The Hall–Kier alpha value is -1.02. The van der Waals surface area contributed by atoms with Gasteiger partial charge in [-0.25, -0.2) is 8.42 Å². The number of nitrogens with zero attached hydrogens (tertiary/aromatic N) is 2. The van der Waals surface area contributed by atoms with Gasteiger partial charge in [0, 0.05) is 32.0 Å². The first-order valence-corrected chi connectivity index (χ1v) is 10.9. The third kappa shape index (κ3) is 3.19. The van der Waals surface area contributed by atoms with Crippen LogP contribution in [0.3, 0.4) is 0 Å². The number of anilines is 1. The first-order valence-electron chi connectivity index (χ1n) is 7.84. The van der Waals surface area contributed by atoms with Gasteiger partial charge in [-0.3, -0.25) is 9.59 Å². The van der Waals surface area contributed by atoms with Crippen molar-refractivity contribution in [1.29, 1.82) is 0 Å². The smallest absolute Gasteiger partial charge is 0.249 e. The Balaban J connectivity index is 1.80. The van der Waals surface area contributed by atoms with Gasteiger partial charge in [0.25, 0.3) is 0 Å². The van der Waals surface area contributed by atoms with Gasteiger partial charge >= 0.3 is 0 Å². The minimum Gasteiger partial charge on any atom is -0.332 e. The first-order chi connectivity index (χ1) is 11.9. The van der Waals surface area contributed by atoms with Gasteiger partial charge in [0.15, 0.2) is 14.7 Å². The Bertz CT molecular complexity index is 889. The zero-order valence-corrected chi connectivity index (χ0v) is 17.2. The minimum atomic E-state index is -3.39. The Morgan fingerprint density at radius 2 is 1.92 bits per heavy atom. The van der Waals surface area contributed by atoms with E-state index in [4.69, 9.17) is 34.8 Å². The maximum absolute atomic E-state index is 12.8. The maximum atomic E-state index is 12.8. The third-order valence-corrected chi connectivity index (χ3v) is 7.62. The lowest BCUT2D eigenvalue weighted by atomic mass is 10.2. The molecule has 10 heteroatoms. The van der Waals surface area contributed by atoms with E-state index < -0.39 is 31.0 Å². The molecule has 26 heavy (non-hydrogen) atoms. The maximum Gasteiger partial charge on any atom is 0.249 e. The molecule has 1 aromatic rings. The summed E-state index contributed by atoms with van der Waals surface area (Å²) in [4.78, 5) is 26.8. The Morgan fingerprint density at radius 3 is 2.46 bits per heavy atom. The van der Waals surface area contributed by atoms with E-state index in [1.165, 1.54) is 29.0 Å². The number of likely N-dealkylation sites (N-methyl/N-ethyl adjacent to an activating group) is 1. The molecular weight excluding hydrogens is 423 g/mol. The van der Waals surface area contributed by atoms with E-state index in [-0.39, 0.29) is 17.2 Å². The van der Waals surface area contributed by atoms with E-state index in [1.54, 1.807) is 12.1 Å². The summed E-state index contributed by atoms with van der Waals surface area (Å²) in [6.07, 6.45) is 1.62. The molecule has 2 amide bonds. The number of hydrogen-bond donors (Lipinski definition) is 0. The molecule has 1 saturated heterocycles. The number of benzene rings is 1. The number of sulfone groups is 1. The molecule has 142 valence electrons. The Labute approximate surface area is 166 Å². The van der Waals surface area contributed by atoms with Crippen molar-refractivity contribution in [2.75, 3.05) is 24.7 Å². The van der Waals surface area contributed by atoms with Gasteiger partial charge in [-0.05, 0) is 24.6 Å². The monoisotopic (exact) mass is 438 g/mol. The molecule has 0 radical (unpaired) electrons. The molecule has 2 fully saturated rings. The van der Waals surface area contributed by atoms with Gasteiger partial charge < -0.3 is 9.80 Å². The summed E-state index contributed by atoms with van der Waals surface area (Å²) in [6.45, 7) is 0.358. The molecular formula is C16H17Cl3N2O4S. The summed E-state index contributed by atoms with van der Waals surface area (Å²) in [5.74, 6) is -0.795. The summed E-state index contributed by atoms with van der Waals surface area (Å²) in [6, 6.07) is 5.45. The van der Waals surface area contributed by atoms with Crippen molar-refractivity contribution in [2.24, 2.45) is 0 Å². The highest BCUT2D eigenvalue weighted by molar-refractivity contribution is 7.90. The fourth-order valence-electron chi connectivity index (χ4n) is 3.08. The lowest BCUT2D eigenvalue weighted by Gasteiger charge is -2.26. The molecule has 1 aliphatic heterocycles. The summed E-state index contributed by atoms with van der Waals surface area (Å²) in [5.41, 5.74) is 0.470. The molecule has 2 aliphatic rings. The average molecular weight is 440 g/mol. The van der Waals surface area contributed by atoms with Crippen LogP contribution < -0.4 is 4.90 Å². The molecule has 6 nitrogen and oxygen atoms in total. The average Bonchev–Trinajstić information content (AvgIpc) is 2.88. The van der Waals surface area contributed by atoms with Gasteiger partial charge in [-0.1, -0.05) is 29.3 Å². The third-order valence-electron chi connectivity index (χ3n) is 4.78. The van der Waals surface area contributed by atoms with Crippen molar-refractivity contribution in [3.8, 4) is 0 Å². The molecule has 1 aliphatic carbocycles. The van der Waals surface area contributed by atoms with Crippen molar-refractivity contribution < 1.29 is 18.0 Å². The molecule has 1 saturated carbocycles. The molecule has 1 heterocycles. The van der Waals surface area contributed by atoms with Crippen molar-refractivity contribution in [2.45, 2.75) is 33.0 Å². The van der Waals surface area contributed by atoms with E-state index >= 15 is 0 Å². The van der Waals surface area contributed by atoms with Gasteiger partial charge in [0.05, 0.1) is 4.90 Å². The summed E-state index contributed by atoms with van der Waals surface area (Å²) >= 11 is 18.1. The summed E-state index contributed by atoms with van der Waals surface area (Å²) in [5, 5.41) is 0. The predicted molar refractivity (Wildman–Crippen MR) is 101 cm³/mol. The van der Waals surface area contributed by atoms with Gasteiger partial charge in [-0.2, -0.15) is 0 Å². The number of alkyl halides is 3. The number of amides is 2. The van der Waals surface area contributed by atoms with Crippen LogP contribution in [-0.4, -0.2) is 60.2 Å². The predicted octanol–water partition coefficient (Wildman–Crippen LogP) is 2.21. The Morgan fingerprint density at radius 1 is 1.31 bits per heavy atom. The molecule has 0 N–H and O–H groups in total. The van der Waals surface area contributed by atoms with Crippen molar-refractivity contribution >= 4 is 62.1 Å². The van der Waals surface area contributed by atoms with Crippen molar-refractivity contribution in [1.82, 2.24) is 4.90 Å². The number of carbonyl (C=O) groups is 2. The number of rotatable bonds is 4. The van der Waals surface area contributed by atoms with Gasteiger partial charge in [0.2, 0.25) is 11.8 Å². The highest BCUT2D eigenvalue weighted by atomic mass is 35.5. The molecule has 2 atom stereocenters. The molecule has 0 bridgehead atoms. The highest BCUT2D eigenvalue weighted by Crippen LogP contribution is 2.62. The van der Waals surface area contributed by atoms with Crippen LogP contribution >= 0.6 is 34.8 Å². The number of hydrogen-bond acceptors (Lipinski definition) is 4. The SMILES string of the molecule is CN(C(=O)C1(Cl)CC1(Cl)Cl)C1CCN(c2cccc(S(C)(=O)=O)c2)C1=O. The second-order valence-corrected chi connectivity index (χ2v) is 10.8. The normalized spacial score (nSPS) is 27.5. The molecule has 1 aromatic carbocycles. The first kappa shape index (κ1) is 19.7. The number of halogens is 3. The van der Waals surface area contributed by atoms with E-state index in [0.29, 0.717) is 18.7 Å². The zero-order chi connectivity index (χ0) is 19.5. The van der Waals surface area contributed by atoms with E-state index in [9.17, 15) is 18.0 Å². The van der Waals surface area contributed by atoms with Crippen molar-refractivity contribution in [3.05, 3.63) is 24.3 Å². The summed E-state index contributed by atoms with van der Waals surface area (Å²) in [7, 11) is -1.90. The zero-order valence-electron chi connectivity index (χ0n) is 14.1. The second kappa shape index (κ2) is 6.26. The standard InChI is InChI=1S/C16H17Cl3N2O4S/c1-20(14(23)15(17)9-16(15,18)19)12-6-7-21(13(12)22)10-4-3-5-11(8-10)26(2,24)25/h3-5,8,12H,6-7,9H2,1-2H3. The fraction of sp³-hybridized carbons (Fsp3) is 0.500. The Kier molecular flexibility index (Phi) is 4.75. The number of carbonyl (C=O) groups excluding carboxylic acids is 2. The van der Waals surface area contributed by atoms with Crippen LogP contribution in [-0.2, 0) is 19.4 Å². The van der Waals surface area contributed by atoms with Gasteiger partial charge in [-0.15, -0.1) is 11.6 Å². The lowest BCUT2D eigenvalue weighted by molar-refractivity contribution is -0.137. The van der Waals surface area contributed by atoms with Crippen molar-refractivity contribution in [3.63, 3.8) is 0 Å². The lowest BCUT2D eigenvalue weighted by Crippen LogP contribution is -2.47. The van der Waals surface area contributed by atoms with Crippen LogP contribution in [0.1, 0.15) is 12.8 Å². The second-order valence-electron chi connectivity index (χ2n) is 6.66. The fourth-order valence-corrected chi connectivity index (χ4v) is 4.77. The highest BCUT2D eigenvalue weighted by Gasteiger charge is 2.72. The van der Waals surface area contributed by atoms with Crippen LogP contribution in [0.25, 0.3) is 0 Å². The molecule has 0 spiro atoms. The van der Waals surface area contributed by atoms with Crippen LogP contribution in [0.4, 0.5) is 5.69 Å². The topological polar surface area (TPSA) is 74.8 Å². The van der Waals surface area contributed by atoms with E-state index in [1.807, 2.05) is 0 Å². The van der Waals surface area contributed by atoms with E-state index in [0.717, 1.165) is 6.26 Å². The van der Waals surface area contributed by atoms with Gasteiger partial charge in [0.1, 0.15) is 10.4 Å². The molecule has 0 aromatic heterocycles. The quantitative estimate of drug-likeness (QED) is 0.674. The minimum absolute atomic E-state index is 0.120. The molecule has 2 unspecified atom stereocenters. The van der Waals surface area contributed by atoms with Crippen LogP contribution in [0, 0.1) is 0 Å². The van der Waals surface area contributed by atoms with E-state index in [2.05, 4.69) is 0 Å². The van der Waals surface area contributed by atoms with Crippen LogP contribution in [0.5, 0.6) is 0 Å². The van der Waals surface area contributed by atoms with Crippen LogP contribution in [0.2, 0.25) is 0 Å². The largest absolute Gasteiger partial charge is 0.332 e. The summed E-state index contributed by atoms with van der Waals surface area (Å²) < 4.78 is 22.1. The molecule has 3 rings (SSSR count). The van der Waals surface area contributed by atoms with Crippen LogP contribution in [0.15, 0.2) is 29.2 Å².